The van der Waals surface area contributed by atoms with E-state index in [0.29, 0.717) is 35.5 Å². The summed E-state index contributed by atoms with van der Waals surface area (Å²) in [7, 11) is 1.76. The average Bonchev–Trinajstić information content (AvgIpc) is 3.07. The van der Waals surface area contributed by atoms with Crippen LogP contribution in [0.15, 0.2) is 36.5 Å². The monoisotopic (exact) mass is 425 g/mol. The lowest BCUT2D eigenvalue weighted by molar-refractivity contribution is 0.0507. The highest BCUT2D eigenvalue weighted by Gasteiger charge is 2.40. The quantitative estimate of drug-likeness (QED) is 0.677. The summed E-state index contributed by atoms with van der Waals surface area (Å²) in [5.41, 5.74) is 9.36. The Morgan fingerprint density at radius 2 is 1.87 bits per heavy atom. The summed E-state index contributed by atoms with van der Waals surface area (Å²) in [6.07, 6.45) is 3.40. The van der Waals surface area contributed by atoms with Gasteiger partial charge in [-0.15, -0.1) is 0 Å². The summed E-state index contributed by atoms with van der Waals surface area (Å²) in [6.45, 7) is 4.02. The van der Waals surface area contributed by atoms with E-state index in [1.165, 1.54) is 18.3 Å². The predicted octanol–water partition coefficient (Wildman–Crippen LogP) is 4.27. The predicted molar refractivity (Wildman–Crippen MR) is 114 cm³/mol. The zero-order valence-corrected chi connectivity index (χ0v) is 17.8. The smallest absolute Gasteiger partial charge is 0.273 e. The number of benzene rings is 1. The van der Waals surface area contributed by atoms with E-state index < -0.39 is 11.6 Å². The van der Waals surface area contributed by atoms with Crippen molar-refractivity contribution in [1.82, 2.24) is 19.7 Å². The van der Waals surface area contributed by atoms with Crippen LogP contribution in [0.2, 0.25) is 0 Å². The van der Waals surface area contributed by atoms with Gasteiger partial charge in [0, 0.05) is 30.3 Å². The Bertz CT molecular complexity index is 1110. The number of hydrogen-bond acceptors (Lipinski definition) is 4. The van der Waals surface area contributed by atoms with Crippen LogP contribution in [0, 0.1) is 11.6 Å². The van der Waals surface area contributed by atoms with Crippen molar-refractivity contribution in [2.24, 2.45) is 7.05 Å². The zero-order chi connectivity index (χ0) is 22.3. The Hall–Kier alpha value is -3.29. The molecule has 4 rings (SSSR count). The second kappa shape index (κ2) is 8.09. The summed E-state index contributed by atoms with van der Waals surface area (Å²) in [5, 5.41) is 4.69. The highest BCUT2D eigenvalue weighted by molar-refractivity contribution is 5.93. The van der Waals surface area contributed by atoms with E-state index in [2.05, 4.69) is 10.1 Å². The largest absolute Gasteiger partial charge is 0.397 e. The Balaban J connectivity index is 1.82. The summed E-state index contributed by atoms with van der Waals surface area (Å²) < 4.78 is 29.5. The van der Waals surface area contributed by atoms with E-state index in [1.807, 2.05) is 18.7 Å². The molecule has 3 heterocycles. The first-order valence-electron chi connectivity index (χ1n) is 10.4. The summed E-state index contributed by atoms with van der Waals surface area (Å²) in [4.78, 5) is 19.5. The van der Waals surface area contributed by atoms with Gasteiger partial charge in [-0.3, -0.25) is 9.48 Å². The molecule has 0 aliphatic carbocycles. The third-order valence-electron chi connectivity index (χ3n) is 5.89. The van der Waals surface area contributed by atoms with Crippen LogP contribution in [0.25, 0.3) is 11.3 Å². The first-order valence-corrected chi connectivity index (χ1v) is 10.4. The van der Waals surface area contributed by atoms with Gasteiger partial charge in [-0.1, -0.05) is 13.8 Å². The maximum atomic E-state index is 13.9. The molecule has 0 radical (unpaired) electrons. The molecule has 6 nitrogen and oxygen atoms in total. The van der Waals surface area contributed by atoms with E-state index in [1.54, 1.807) is 23.9 Å². The number of fused-ring (bicyclic) bond motifs is 1. The van der Waals surface area contributed by atoms with Crippen molar-refractivity contribution in [3.8, 4) is 11.3 Å². The van der Waals surface area contributed by atoms with Gasteiger partial charge < -0.3 is 10.6 Å². The van der Waals surface area contributed by atoms with Gasteiger partial charge >= 0.3 is 0 Å². The molecule has 2 N–H and O–H groups in total. The number of aromatic nitrogens is 3. The molecular weight excluding hydrogens is 400 g/mol. The molecule has 2 unspecified atom stereocenters. The van der Waals surface area contributed by atoms with E-state index in [9.17, 15) is 13.6 Å². The maximum Gasteiger partial charge on any atom is 0.273 e. The van der Waals surface area contributed by atoms with Gasteiger partial charge in [0.05, 0.1) is 29.3 Å². The summed E-state index contributed by atoms with van der Waals surface area (Å²) >= 11 is 0. The topological polar surface area (TPSA) is 77.0 Å². The van der Waals surface area contributed by atoms with Gasteiger partial charge in [0.2, 0.25) is 0 Å². The lowest BCUT2D eigenvalue weighted by atomic mass is 9.87. The van der Waals surface area contributed by atoms with Crippen molar-refractivity contribution in [2.45, 2.75) is 45.2 Å². The van der Waals surface area contributed by atoms with Gasteiger partial charge in [0.1, 0.15) is 17.3 Å². The Kier molecular flexibility index (Phi) is 5.47. The van der Waals surface area contributed by atoms with Gasteiger partial charge in [-0.05, 0) is 43.5 Å². The Morgan fingerprint density at radius 3 is 2.45 bits per heavy atom. The lowest BCUT2D eigenvalue weighted by Gasteiger charge is -2.41. The highest BCUT2D eigenvalue weighted by atomic mass is 19.1. The van der Waals surface area contributed by atoms with E-state index in [0.717, 1.165) is 23.7 Å². The van der Waals surface area contributed by atoms with Crippen LogP contribution in [-0.4, -0.2) is 31.6 Å². The van der Waals surface area contributed by atoms with Crippen molar-refractivity contribution in [1.29, 1.82) is 0 Å². The van der Waals surface area contributed by atoms with Crippen LogP contribution >= 0.6 is 0 Å². The first-order chi connectivity index (χ1) is 14.8. The number of nitrogens with two attached hydrogens (primary N) is 1. The van der Waals surface area contributed by atoms with Gasteiger partial charge in [0.15, 0.2) is 0 Å². The lowest BCUT2D eigenvalue weighted by Crippen LogP contribution is -2.47. The van der Waals surface area contributed by atoms with Crippen molar-refractivity contribution in [2.75, 3.05) is 5.73 Å². The van der Waals surface area contributed by atoms with Crippen LogP contribution in [0.4, 0.5) is 14.5 Å². The minimum absolute atomic E-state index is 0.0920. The van der Waals surface area contributed by atoms with Crippen molar-refractivity contribution in [3.05, 3.63) is 65.1 Å². The third-order valence-corrected chi connectivity index (χ3v) is 5.89. The molecule has 8 heteroatoms. The number of carbonyl (C=O) groups is 1. The number of hydrogen-bond donors (Lipinski definition) is 1. The molecule has 1 aliphatic rings. The minimum Gasteiger partial charge on any atom is -0.397 e. The standard InChI is InChI=1S/C23H25F2N5O/c1-4-17-11-18-21(28-29(3)22(18)13-8-14(24)10-15(25)9-13)20(5-2)30(17)23(31)19-7-6-16(26)12-27-19/h6-10,12,17,20H,4-5,11,26H2,1-3H3. The molecule has 3 aromatic rings. The molecular formula is C23H25F2N5O. The van der Waals surface area contributed by atoms with Crippen molar-refractivity contribution >= 4 is 11.6 Å². The second-order valence-electron chi connectivity index (χ2n) is 7.87. The molecule has 1 aliphatic heterocycles. The fourth-order valence-electron chi connectivity index (χ4n) is 4.53. The number of pyridine rings is 1. The van der Waals surface area contributed by atoms with E-state index in [4.69, 9.17) is 5.73 Å². The number of halogens is 2. The fourth-order valence-corrected chi connectivity index (χ4v) is 4.53. The molecule has 1 aromatic carbocycles. The molecule has 0 bridgehead atoms. The number of carbonyl (C=O) groups excluding carboxylic acids is 1. The first kappa shape index (κ1) is 21.0. The van der Waals surface area contributed by atoms with Gasteiger partial charge in [0.25, 0.3) is 5.91 Å². The van der Waals surface area contributed by atoms with E-state index >= 15 is 0 Å². The van der Waals surface area contributed by atoms with Gasteiger partial charge in [-0.2, -0.15) is 5.10 Å². The summed E-state index contributed by atoms with van der Waals surface area (Å²) in [6, 6.07) is 6.43. The number of aryl methyl sites for hydroxylation is 1. The zero-order valence-electron chi connectivity index (χ0n) is 17.8. The van der Waals surface area contributed by atoms with Crippen LogP contribution in [0.1, 0.15) is 54.5 Å². The molecule has 31 heavy (non-hydrogen) atoms. The number of amides is 1. The van der Waals surface area contributed by atoms with Gasteiger partial charge in [-0.25, -0.2) is 13.8 Å². The maximum absolute atomic E-state index is 13.9. The highest BCUT2D eigenvalue weighted by Crippen LogP contribution is 2.41. The van der Waals surface area contributed by atoms with Crippen molar-refractivity contribution in [3.63, 3.8) is 0 Å². The third kappa shape index (κ3) is 3.66. The SMILES string of the molecule is CCC1Cc2c(nn(C)c2-c2cc(F)cc(F)c2)C(CC)N1C(=O)c1ccc(N)cn1. The molecule has 1 amide bonds. The van der Waals surface area contributed by atoms with Crippen LogP contribution in [-0.2, 0) is 13.5 Å². The number of nitrogen functional groups attached to an aromatic ring is 1. The molecule has 162 valence electrons. The molecule has 0 spiro atoms. The molecule has 0 saturated heterocycles. The minimum atomic E-state index is -0.633. The summed E-state index contributed by atoms with van der Waals surface area (Å²) in [5.74, 6) is -1.44. The van der Waals surface area contributed by atoms with Crippen molar-refractivity contribution < 1.29 is 13.6 Å². The van der Waals surface area contributed by atoms with Crippen LogP contribution < -0.4 is 5.73 Å². The van der Waals surface area contributed by atoms with Crippen LogP contribution in [0.3, 0.4) is 0 Å². The van der Waals surface area contributed by atoms with Crippen LogP contribution in [0.5, 0.6) is 0 Å². The average molecular weight is 425 g/mol. The normalized spacial score (nSPS) is 18.2. The second-order valence-corrected chi connectivity index (χ2v) is 7.87. The Morgan fingerprint density at radius 1 is 1.16 bits per heavy atom. The Labute approximate surface area is 179 Å². The fraction of sp³-hybridized carbons (Fsp3) is 0.348. The molecule has 0 fully saturated rings. The molecule has 2 aromatic heterocycles. The molecule has 2 atom stereocenters. The number of anilines is 1. The van der Waals surface area contributed by atoms with E-state index in [-0.39, 0.29) is 18.0 Å². The number of rotatable bonds is 4. The number of nitrogens with zero attached hydrogens (tertiary/aromatic N) is 4. The molecule has 0 saturated carbocycles.